The van der Waals surface area contributed by atoms with Crippen LogP contribution in [0, 0.1) is 0 Å². The van der Waals surface area contributed by atoms with E-state index in [1.165, 1.54) is 0 Å². The SMILES string of the molecule is CC(C)=C(CS(=O)(=O)C1=NOC(C)(C)C1)c1ccccc1. The van der Waals surface area contributed by atoms with Gasteiger partial charge >= 0.3 is 0 Å². The molecule has 0 saturated heterocycles. The molecule has 0 fully saturated rings. The van der Waals surface area contributed by atoms with Gasteiger partial charge in [0.1, 0.15) is 5.60 Å². The number of nitrogens with zero attached hydrogens (tertiary/aromatic N) is 1. The van der Waals surface area contributed by atoms with Crippen molar-refractivity contribution in [3.63, 3.8) is 0 Å². The predicted octanol–water partition coefficient (Wildman–Crippen LogP) is 3.41. The van der Waals surface area contributed by atoms with Crippen LogP contribution in [0.1, 0.15) is 39.7 Å². The Balaban J connectivity index is 2.29. The summed E-state index contributed by atoms with van der Waals surface area (Å²) in [5, 5.41) is 3.91. The Morgan fingerprint density at radius 1 is 1.24 bits per heavy atom. The fourth-order valence-corrected chi connectivity index (χ4v) is 3.92. The standard InChI is InChI=1S/C16H21NO3S/c1-12(2)14(13-8-6-5-7-9-13)11-21(18,19)15-10-16(3,4)20-17-15/h5-9H,10-11H2,1-4H3. The van der Waals surface area contributed by atoms with Gasteiger partial charge in [-0.05, 0) is 38.8 Å². The molecule has 0 spiro atoms. The monoisotopic (exact) mass is 307 g/mol. The summed E-state index contributed by atoms with van der Waals surface area (Å²) in [6, 6.07) is 9.58. The van der Waals surface area contributed by atoms with Gasteiger partial charge < -0.3 is 4.84 Å². The quantitative estimate of drug-likeness (QED) is 0.860. The summed E-state index contributed by atoms with van der Waals surface area (Å²) in [6.07, 6.45) is 0.320. The van der Waals surface area contributed by atoms with Crippen molar-refractivity contribution in [3.8, 4) is 0 Å². The molecule has 0 saturated carbocycles. The molecule has 0 aromatic heterocycles. The predicted molar refractivity (Wildman–Crippen MR) is 85.7 cm³/mol. The Labute approximate surface area is 126 Å². The highest BCUT2D eigenvalue weighted by molar-refractivity contribution is 8.06. The van der Waals surface area contributed by atoms with E-state index in [4.69, 9.17) is 4.84 Å². The number of oxime groups is 1. The molecule has 0 N–H and O–H groups in total. The molecule has 1 heterocycles. The van der Waals surface area contributed by atoms with Crippen LogP contribution in [0.3, 0.4) is 0 Å². The highest BCUT2D eigenvalue weighted by Gasteiger charge is 2.36. The largest absolute Gasteiger partial charge is 0.389 e. The van der Waals surface area contributed by atoms with Crippen molar-refractivity contribution in [1.82, 2.24) is 0 Å². The van der Waals surface area contributed by atoms with Gasteiger partial charge in [0, 0.05) is 6.42 Å². The molecule has 4 nitrogen and oxygen atoms in total. The van der Waals surface area contributed by atoms with Gasteiger partial charge in [-0.2, -0.15) is 0 Å². The van der Waals surface area contributed by atoms with Crippen LogP contribution in [-0.2, 0) is 14.7 Å². The normalized spacial score (nSPS) is 17.0. The molecule has 1 aromatic rings. The molecule has 0 amide bonds. The summed E-state index contributed by atoms with van der Waals surface area (Å²) < 4.78 is 25.1. The zero-order valence-electron chi connectivity index (χ0n) is 12.9. The Morgan fingerprint density at radius 3 is 2.33 bits per heavy atom. The maximum absolute atomic E-state index is 12.6. The highest BCUT2D eigenvalue weighted by atomic mass is 32.2. The number of hydrogen-bond acceptors (Lipinski definition) is 4. The molecule has 2 rings (SSSR count). The second-order valence-electron chi connectivity index (χ2n) is 6.12. The zero-order chi connectivity index (χ0) is 15.7. The van der Waals surface area contributed by atoms with E-state index in [0.29, 0.717) is 6.42 Å². The molecule has 0 radical (unpaired) electrons. The molecule has 1 aliphatic rings. The van der Waals surface area contributed by atoms with E-state index in [1.807, 2.05) is 58.0 Å². The molecule has 0 unspecified atom stereocenters. The summed E-state index contributed by atoms with van der Waals surface area (Å²) in [5.74, 6) is -0.0440. The van der Waals surface area contributed by atoms with E-state index in [9.17, 15) is 8.42 Å². The first-order valence-corrected chi connectivity index (χ1v) is 8.56. The molecule has 114 valence electrons. The summed E-state index contributed by atoms with van der Waals surface area (Å²) in [6.45, 7) is 7.51. The van der Waals surface area contributed by atoms with Crippen LogP contribution in [0.4, 0.5) is 0 Å². The topological polar surface area (TPSA) is 55.7 Å². The third-order valence-corrected chi connectivity index (χ3v) is 5.00. The number of hydrogen-bond donors (Lipinski definition) is 0. The van der Waals surface area contributed by atoms with Crippen LogP contribution < -0.4 is 0 Å². The van der Waals surface area contributed by atoms with Crippen LogP contribution in [0.25, 0.3) is 5.57 Å². The van der Waals surface area contributed by atoms with E-state index < -0.39 is 15.4 Å². The van der Waals surface area contributed by atoms with E-state index >= 15 is 0 Å². The third kappa shape index (κ3) is 3.73. The first-order chi connectivity index (χ1) is 9.71. The molecular formula is C16H21NO3S. The van der Waals surface area contributed by atoms with Gasteiger partial charge in [-0.3, -0.25) is 0 Å². The van der Waals surface area contributed by atoms with Crippen molar-refractivity contribution in [2.75, 3.05) is 5.75 Å². The number of sulfone groups is 1. The highest BCUT2D eigenvalue weighted by Crippen LogP contribution is 2.28. The first-order valence-electron chi connectivity index (χ1n) is 6.91. The Kier molecular flexibility index (Phi) is 4.23. The lowest BCUT2D eigenvalue weighted by atomic mass is 10.0. The third-order valence-electron chi connectivity index (χ3n) is 3.39. The van der Waals surface area contributed by atoms with Crippen LogP contribution in [0.5, 0.6) is 0 Å². The Bertz CT molecular complexity index is 681. The van der Waals surface area contributed by atoms with E-state index in [0.717, 1.165) is 16.7 Å². The summed E-state index contributed by atoms with van der Waals surface area (Å²) in [7, 11) is -3.46. The molecule has 1 aliphatic heterocycles. The van der Waals surface area contributed by atoms with Gasteiger partial charge in [0.2, 0.25) is 0 Å². The first kappa shape index (κ1) is 15.8. The van der Waals surface area contributed by atoms with Gasteiger partial charge in [-0.1, -0.05) is 41.1 Å². The van der Waals surface area contributed by atoms with Crippen LogP contribution in [0.15, 0.2) is 41.1 Å². The summed E-state index contributed by atoms with van der Waals surface area (Å²) in [4.78, 5) is 5.18. The fraction of sp³-hybridized carbons (Fsp3) is 0.438. The lowest BCUT2D eigenvalue weighted by Gasteiger charge is -2.14. The van der Waals surface area contributed by atoms with Crippen molar-refractivity contribution in [2.24, 2.45) is 5.16 Å². The zero-order valence-corrected chi connectivity index (χ0v) is 13.7. The van der Waals surface area contributed by atoms with Gasteiger partial charge in [0.25, 0.3) is 0 Å². The van der Waals surface area contributed by atoms with Crippen molar-refractivity contribution in [1.29, 1.82) is 0 Å². The van der Waals surface area contributed by atoms with Crippen molar-refractivity contribution >= 4 is 20.5 Å². The van der Waals surface area contributed by atoms with Gasteiger partial charge in [-0.15, -0.1) is 0 Å². The lowest BCUT2D eigenvalue weighted by Crippen LogP contribution is -2.24. The number of benzene rings is 1. The van der Waals surface area contributed by atoms with Crippen LogP contribution in [0.2, 0.25) is 0 Å². The smallest absolute Gasteiger partial charge is 0.199 e. The summed E-state index contributed by atoms with van der Waals surface area (Å²) >= 11 is 0. The van der Waals surface area contributed by atoms with Crippen molar-refractivity contribution < 1.29 is 13.3 Å². The van der Waals surface area contributed by atoms with Crippen LogP contribution >= 0.6 is 0 Å². The van der Waals surface area contributed by atoms with Crippen molar-refractivity contribution in [3.05, 3.63) is 41.5 Å². The maximum atomic E-state index is 12.6. The van der Waals surface area contributed by atoms with Gasteiger partial charge in [0.05, 0.1) is 5.75 Å². The molecule has 0 bridgehead atoms. The number of rotatable bonds is 3. The lowest BCUT2D eigenvalue weighted by molar-refractivity contribution is 0.0123. The molecule has 5 heteroatoms. The molecule has 0 atom stereocenters. The average molecular weight is 307 g/mol. The van der Waals surface area contributed by atoms with Crippen molar-refractivity contribution in [2.45, 2.75) is 39.7 Å². The molecule has 0 aliphatic carbocycles. The molecule has 1 aromatic carbocycles. The summed E-state index contributed by atoms with van der Waals surface area (Å²) in [5.41, 5.74) is 2.20. The second-order valence-corrected chi connectivity index (χ2v) is 8.11. The molecular weight excluding hydrogens is 286 g/mol. The van der Waals surface area contributed by atoms with Gasteiger partial charge in [-0.25, -0.2) is 8.42 Å². The van der Waals surface area contributed by atoms with E-state index in [2.05, 4.69) is 5.16 Å². The Hall–Kier alpha value is -1.62. The maximum Gasteiger partial charge on any atom is 0.199 e. The Morgan fingerprint density at radius 2 is 1.86 bits per heavy atom. The van der Waals surface area contributed by atoms with Crippen LogP contribution in [-0.4, -0.2) is 24.8 Å². The average Bonchev–Trinajstić information content (AvgIpc) is 2.78. The van der Waals surface area contributed by atoms with E-state index in [1.54, 1.807) is 0 Å². The number of allylic oxidation sites excluding steroid dienone is 1. The molecule has 21 heavy (non-hydrogen) atoms. The van der Waals surface area contributed by atoms with E-state index in [-0.39, 0.29) is 10.8 Å². The minimum Gasteiger partial charge on any atom is -0.389 e. The minimum absolute atomic E-state index is 0.0440. The minimum atomic E-state index is -3.46. The second kappa shape index (κ2) is 5.64. The van der Waals surface area contributed by atoms with Gasteiger partial charge in [0.15, 0.2) is 14.9 Å². The fourth-order valence-electron chi connectivity index (χ4n) is 2.20.